The molecule has 0 N–H and O–H groups in total. The summed E-state index contributed by atoms with van der Waals surface area (Å²) in [6, 6.07) is 2.98. The van der Waals surface area contributed by atoms with E-state index in [9.17, 15) is 9.59 Å². The van der Waals surface area contributed by atoms with Crippen molar-refractivity contribution in [3.8, 4) is 5.75 Å². The zero-order valence-corrected chi connectivity index (χ0v) is 12.5. The highest BCUT2D eigenvalue weighted by molar-refractivity contribution is 6.36. The van der Waals surface area contributed by atoms with E-state index in [1.54, 1.807) is 0 Å². The molecule has 5 nitrogen and oxygen atoms in total. The highest BCUT2D eigenvalue weighted by Gasteiger charge is 2.21. The molecule has 1 aromatic rings. The van der Waals surface area contributed by atoms with Gasteiger partial charge in [-0.2, -0.15) is 0 Å². The molecule has 0 aliphatic rings. The first-order valence-corrected chi connectivity index (χ1v) is 6.11. The van der Waals surface area contributed by atoms with Crippen LogP contribution in [0.4, 0.5) is 0 Å². The lowest BCUT2D eigenvalue weighted by atomic mass is 10.1. The highest BCUT2D eigenvalue weighted by Crippen LogP contribution is 2.33. The summed E-state index contributed by atoms with van der Waals surface area (Å²) in [5.74, 6) is -1.40. The maximum atomic E-state index is 11.6. The first kappa shape index (κ1) is 16.3. The lowest BCUT2D eigenvalue weighted by Crippen LogP contribution is -2.15. The number of halogens is 2. The second-order valence-electron chi connectivity index (χ2n) is 3.55. The Balaban J connectivity index is 3.44. The normalized spacial score (nSPS) is 9.65. The van der Waals surface area contributed by atoms with Gasteiger partial charge in [0.2, 0.25) is 0 Å². The van der Waals surface area contributed by atoms with Crippen molar-refractivity contribution in [3.63, 3.8) is 0 Å². The van der Waals surface area contributed by atoms with Crippen molar-refractivity contribution in [3.05, 3.63) is 33.3 Å². The van der Waals surface area contributed by atoms with Gasteiger partial charge >= 0.3 is 11.9 Å². The third-order valence-electron chi connectivity index (χ3n) is 2.35. The number of carbonyl (C=O) groups excluding carboxylic acids is 2. The molecule has 0 spiro atoms. The molecule has 0 saturated heterocycles. The largest absolute Gasteiger partial charge is 0.495 e. The molecule has 0 aliphatic heterocycles. The molecule has 1 rings (SSSR count). The van der Waals surface area contributed by atoms with Crippen LogP contribution in [0, 0.1) is 0 Å². The van der Waals surface area contributed by atoms with Crippen molar-refractivity contribution in [2.24, 2.45) is 0 Å². The fraction of sp³-hybridized carbons (Fsp3) is 0.231. The Morgan fingerprint density at radius 1 is 1.05 bits per heavy atom. The molecule has 1 aromatic carbocycles. The molecule has 0 atom stereocenters. The van der Waals surface area contributed by atoms with Crippen molar-refractivity contribution < 1.29 is 23.8 Å². The van der Waals surface area contributed by atoms with E-state index < -0.39 is 11.9 Å². The molecule has 108 valence electrons. The molecule has 0 fully saturated rings. The number of esters is 2. The van der Waals surface area contributed by atoms with E-state index >= 15 is 0 Å². The molecule has 0 heterocycles. The lowest BCUT2D eigenvalue weighted by Gasteiger charge is -2.09. The van der Waals surface area contributed by atoms with E-state index in [1.807, 2.05) is 0 Å². The summed E-state index contributed by atoms with van der Waals surface area (Å²) in [7, 11) is 3.71. The SMILES string of the molecule is COC(=O)C(=Cc1cc(Cl)cc(Cl)c1OC)C(=O)OC. The molecule has 0 unspecified atom stereocenters. The van der Waals surface area contributed by atoms with Crippen LogP contribution in [-0.4, -0.2) is 33.3 Å². The third kappa shape index (κ3) is 3.65. The van der Waals surface area contributed by atoms with Crippen molar-refractivity contribution >= 4 is 41.2 Å². The maximum absolute atomic E-state index is 11.6. The van der Waals surface area contributed by atoms with E-state index in [2.05, 4.69) is 9.47 Å². The van der Waals surface area contributed by atoms with Gasteiger partial charge in [0.25, 0.3) is 0 Å². The van der Waals surface area contributed by atoms with Gasteiger partial charge in [-0.15, -0.1) is 0 Å². The minimum atomic E-state index is -0.838. The minimum absolute atomic E-state index is 0.250. The molecular formula is C13H12Cl2O5. The fourth-order valence-corrected chi connectivity index (χ4v) is 2.07. The Kier molecular flexibility index (Phi) is 5.85. The van der Waals surface area contributed by atoms with Gasteiger partial charge in [0.05, 0.1) is 26.4 Å². The highest BCUT2D eigenvalue weighted by atomic mass is 35.5. The Hall–Kier alpha value is -1.72. The van der Waals surface area contributed by atoms with E-state index in [0.29, 0.717) is 10.6 Å². The Labute approximate surface area is 126 Å². The van der Waals surface area contributed by atoms with E-state index in [0.717, 1.165) is 14.2 Å². The molecule has 0 saturated carbocycles. The molecule has 0 radical (unpaired) electrons. The number of ether oxygens (including phenoxy) is 3. The molecular weight excluding hydrogens is 307 g/mol. The van der Waals surface area contributed by atoms with Gasteiger partial charge in [-0.3, -0.25) is 0 Å². The zero-order valence-electron chi connectivity index (χ0n) is 11.0. The van der Waals surface area contributed by atoms with Gasteiger partial charge in [0.1, 0.15) is 11.3 Å². The fourth-order valence-electron chi connectivity index (χ4n) is 1.48. The average molecular weight is 319 g/mol. The van der Waals surface area contributed by atoms with Crippen LogP contribution in [0.3, 0.4) is 0 Å². The monoisotopic (exact) mass is 318 g/mol. The van der Waals surface area contributed by atoms with Crippen LogP contribution in [0.5, 0.6) is 5.75 Å². The summed E-state index contributed by atoms with van der Waals surface area (Å²) in [5, 5.41) is 0.580. The first-order valence-electron chi connectivity index (χ1n) is 5.36. The molecule has 0 aromatic heterocycles. The topological polar surface area (TPSA) is 61.8 Å². The summed E-state index contributed by atoms with van der Waals surface area (Å²) in [6.07, 6.45) is 1.24. The average Bonchev–Trinajstić information content (AvgIpc) is 2.42. The van der Waals surface area contributed by atoms with Crippen molar-refractivity contribution in [1.82, 2.24) is 0 Å². The summed E-state index contributed by atoms with van der Waals surface area (Å²) in [4.78, 5) is 23.2. The standard InChI is InChI=1S/C13H12Cl2O5/c1-18-11-7(4-8(14)6-10(11)15)5-9(12(16)19-2)13(17)20-3/h4-6H,1-3H3. The third-order valence-corrected chi connectivity index (χ3v) is 2.85. The Morgan fingerprint density at radius 2 is 1.60 bits per heavy atom. The van der Waals surface area contributed by atoms with Crippen LogP contribution in [0.15, 0.2) is 17.7 Å². The van der Waals surface area contributed by atoms with Crippen molar-refractivity contribution in [1.29, 1.82) is 0 Å². The summed E-state index contributed by atoms with van der Waals surface area (Å²) >= 11 is 11.9. The molecule has 7 heteroatoms. The van der Waals surface area contributed by atoms with Gasteiger partial charge in [0, 0.05) is 10.6 Å². The summed E-state index contributed by atoms with van der Waals surface area (Å²) in [6.45, 7) is 0. The number of hydrogen-bond acceptors (Lipinski definition) is 5. The minimum Gasteiger partial charge on any atom is -0.495 e. The molecule has 0 bridgehead atoms. The number of carbonyl (C=O) groups is 2. The predicted octanol–water partition coefficient (Wildman–Crippen LogP) is 2.73. The Morgan fingerprint density at radius 3 is 2.05 bits per heavy atom. The number of methoxy groups -OCH3 is 3. The Bertz CT molecular complexity index is 548. The molecule has 0 amide bonds. The summed E-state index contributed by atoms with van der Waals surface area (Å²) in [5.41, 5.74) is 0.0578. The quantitative estimate of drug-likeness (QED) is 0.370. The van der Waals surface area contributed by atoms with Crippen LogP contribution in [-0.2, 0) is 19.1 Å². The number of rotatable bonds is 4. The van der Waals surface area contributed by atoms with Crippen LogP contribution in [0.2, 0.25) is 10.0 Å². The smallest absolute Gasteiger partial charge is 0.345 e. The number of hydrogen-bond donors (Lipinski definition) is 0. The van der Waals surface area contributed by atoms with Crippen LogP contribution < -0.4 is 4.74 Å². The van der Waals surface area contributed by atoms with Gasteiger partial charge < -0.3 is 14.2 Å². The van der Waals surface area contributed by atoms with E-state index in [1.165, 1.54) is 25.3 Å². The van der Waals surface area contributed by atoms with Crippen LogP contribution >= 0.6 is 23.2 Å². The van der Waals surface area contributed by atoms with Gasteiger partial charge in [-0.05, 0) is 18.2 Å². The maximum Gasteiger partial charge on any atom is 0.345 e. The van der Waals surface area contributed by atoms with Gasteiger partial charge in [-0.1, -0.05) is 23.2 Å². The zero-order chi connectivity index (χ0) is 15.3. The van der Waals surface area contributed by atoms with E-state index in [-0.39, 0.29) is 16.3 Å². The predicted molar refractivity (Wildman–Crippen MR) is 75.0 cm³/mol. The van der Waals surface area contributed by atoms with Gasteiger partial charge in [-0.25, -0.2) is 9.59 Å². The summed E-state index contributed by atoms with van der Waals surface area (Å²) < 4.78 is 14.2. The molecule has 0 aliphatic carbocycles. The van der Waals surface area contributed by atoms with Crippen LogP contribution in [0.25, 0.3) is 6.08 Å². The van der Waals surface area contributed by atoms with Gasteiger partial charge in [0.15, 0.2) is 0 Å². The van der Waals surface area contributed by atoms with Crippen molar-refractivity contribution in [2.75, 3.05) is 21.3 Å². The second-order valence-corrected chi connectivity index (χ2v) is 4.39. The number of benzene rings is 1. The van der Waals surface area contributed by atoms with Crippen LogP contribution in [0.1, 0.15) is 5.56 Å². The van der Waals surface area contributed by atoms with E-state index in [4.69, 9.17) is 27.9 Å². The molecule has 20 heavy (non-hydrogen) atoms. The van der Waals surface area contributed by atoms with Crippen molar-refractivity contribution in [2.45, 2.75) is 0 Å². The second kappa shape index (κ2) is 7.17. The first-order chi connectivity index (χ1) is 9.44. The lowest BCUT2D eigenvalue weighted by molar-refractivity contribution is -0.143.